The lowest BCUT2D eigenvalue weighted by molar-refractivity contribution is 0.00578. The Balaban J connectivity index is 1.28. The Hall–Kier alpha value is -1.97. The van der Waals surface area contributed by atoms with Gasteiger partial charge in [-0.1, -0.05) is 23.7 Å². The Morgan fingerprint density at radius 1 is 1.15 bits per heavy atom. The van der Waals surface area contributed by atoms with Crippen LogP contribution in [0.5, 0.6) is 0 Å². The van der Waals surface area contributed by atoms with E-state index in [-0.39, 0.29) is 12.0 Å². The van der Waals surface area contributed by atoms with E-state index in [1.54, 1.807) is 4.90 Å². The molecule has 2 amide bonds. The number of halogens is 1. The Bertz CT molecular complexity index is 1070. The third-order valence-corrected chi connectivity index (χ3v) is 8.69. The summed E-state index contributed by atoms with van der Waals surface area (Å²) in [5, 5.41) is 3.70. The predicted octanol–water partition coefficient (Wildman–Crippen LogP) is 5.65. The molecule has 1 aromatic carbocycles. The normalized spacial score (nSPS) is 27.7. The van der Waals surface area contributed by atoms with E-state index in [1.165, 1.54) is 0 Å². The molecule has 0 aromatic heterocycles. The van der Waals surface area contributed by atoms with Crippen molar-refractivity contribution in [2.75, 3.05) is 19.7 Å². The summed E-state index contributed by atoms with van der Waals surface area (Å²) in [6, 6.07) is 5.89. The average Bonchev–Trinajstić information content (AvgIpc) is 3.50. The molecule has 3 atom stereocenters. The molecule has 1 saturated carbocycles. The van der Waals surface area contributed by atoms with E-state index in [0.29, 0.717) is 30.6 Å². The van der Waals surface area contributed by atoms with Crippen molar-refractivity contribution in [2.24, 2.45) is 5.92 Å². The molecule has 2 aliphatic heterocycles. The van der Waals surface area contributed by atoms with Crippen molar-refractivity contribution in [1.29, 1.82) is 0 Å². The minimum atomic E-state index is -0.566. The van der Waals surface area contributed by atoms with E-state index in [1.807, 2.05) is 73.6 Å². The number of hydrogen-bond acceptors (Lipinski definition) is 6. The number of nitrogens with zero attached hydrogens (tertiary/aromatic N) is 1. The molecule has 0 radical (unpaired) electrons. The van der Waals surface area contributed by atoms with Crippen LogP contribution < -0.4 is 10.8 Å². The summed E-state index contributed by atoms with van der Waals surface area (Å²) < 4.78 is 23.7. The topological polar surface area (TPSA) is 86.3 Å². The number of benzene rings is 1. The van der Waals surface area contributed by atoms with E-state index in [2.05, 4.69) is 5.32 Å². The van der Waals surface area contributed by atoms with E-state index < -0.39 is 35.6 Å². The number of hydrogen-bond donors (Lipinski definition) is 1. The largest absolute Gasteiger partial charge is 0.495 e. The van der Waals surface area contributed by atoms with Crippen molar-refractivity contribution in [3.63, 3.8) is 0 Å². The van der Waals surface area contributed by atoms with Gasteiger partial charge < -0.3 is 29.0 Å². The first-order valence-corrected chi connectivity index (χ1v) is 14.4. The number of ether oxygens (including phenoxy) is 2. The second-order valence-electron chi connectivity index (χ2n) is 13.5. The molecule has 4 rings (SSSR count). The molecule has 10 heteroatoms. The lowest BCUT2D eigenvalue weighted by Gasteiger charge is -2.40. The van der Waals surface area contributed by atoms with Crippen LogP contribution in [0.15, 0.2) is 18.2 Å². The fourth-order valence-corrected chi connectivity index (χ4v) is 5.77. The van der Waals surface area contributed by atoms with Gasteiger partial charge in [-0.3, -0.25) is 0 Å². The molecule has 39 heavy (non-hydrogen) atoms. The smallest absolute Gasteiger partial charge is 0.450 e. The molecule has 216 valence electrons. The van der Waals surface area contributed by atoms with Gasteiger partial charge in [0.25, 0.3) is 0 Å². The number of rotatable bonds is 6. The van der Waals surface area contributed by atoms with E-state index in [4.69, 9.17) is 30.4 Å². The molecule has 2 unspecified atom stereocenters. The lowest BCUT2D eigenvalue weighted by atomic mass is 9.74. The molecule has 0 spiro atoms. The zero-order chi connectivity index (χ0) is 28.8. The Morgan fingerprint density at radius 2 is 1.82 bits per heavy atom. The molecule has 2 heterocycles. The minimum Gasteiger partial charge on any atom is -0.450 e. The highest BCUT2D eigenvalue weighted by atomic mass is 35.5. The van der Waals surface area contributed by atoms with Crippen molar-refractivity contribution < 1.29 is 28.4 Å². The predicted molar refractivity (Wildman–Crippen MR) is 153 cm³/mol. The van der Waals surface area contributed by atoms with Gasteiger partial charge in [-0.25, -0.2) is 9.59 Å². The van der Waals surface area contributed by atoms with Gasteiger partial charge in [0, 0.05) is 18.1 Å². The highest BCUT2D eigenvalue weighted by Crippen LogP contribution is 2.51. The number of piperidine rings is 1. The van der Waals surface area contributed by atoms with Crippen molar-refractivity contribution in [3.8, 4) is 0 Å². The van der Waals surface area contributed by atoms with Crippen molar-refractivity contribution in [3.05, 3.63) is 28.8 Å². The Labute approximate surface area is 238 Å². The number of nitrogens with one attached hydrogen (secondary N) is 1. The van der Waals surface area contributed by atoms with Crippen LogP contribution >= 0.6 is 11.6 Å². The summed E-state index contributed by atoms with van der Waals surface area (Å²) >= 11 is 6.68. The molecule has 3 fully saturated rings. The monoisotopic (exact) mass is 562 g/mol. The van der Waals surface area contributed by atoms with Crippen LogP contribution in [-0.2, 0) is 18.8 Å². The summed E-state index contributed by atoms with van der Waals surface area (Å²) in [7, 11) is -0.469. The zero-order valence-electron chi connectivity index (χ0n) is 24.7. The first-order chi connectivity index (χ1) is 18.0. The van der Waals surface area contributed by atoms with E-state index in [9.17, 15) is 9.59 Å². The second-order valence-corrected chi connectivity index (χ2v) is 14.0. The zero-order valence-corrected chi connectivity index (χ0v) is 25.4. The van der Waals surface area contributed by atoms with Gasteiger partial charge in [0.2, 0.25) is 0 Å². The second kappa shape index (κ2) is 10.8. The summed E-state index contributed by atoms with van der Waals surface area (Å²) in [4.78, 5) is 26.8. The first-order valence-electron chi connectivity index (χ1n) is 14.1. The fraction of sp³-hybridized carbons (Fsp3) is 0.724. The highest BCUT2D eigenvalue weighted by Gasteiger charge is 2.53. The maximum Gasteiger partial charge on any atom is 0.495 e. The van der Waals surface area contributed by atoms with Crippen LogP contribution in [0, 0.1) is 5.92 Å². The van der Waals surface area contributed by atoms with Crippen molar-refractivity contribution in [1.82, 2.24) is 10.2 Å². The van der Waals surface area contributed by atoms with Crippen molar-refractivity contribution in [2.45, 2.75) is 109 Å². The van der Waals surface area contributed by atoms with Crippen molar-refractivity contribution >= 4 is 36.4 Å². The summed E-state index contributed by atoms with van der Waals surface area (Å²) in [6.45, 7) is 17.0. The molecule has 8 nitrogen and oxygen atoms in total. The van der Waals surface area contributed by atoms with Gasteiger partial charge in [0.15, 0.2) is 0 Å². The maximum absolute atomic E-state index is 12.7. The number of amides is 2. The third kappa shape index (κ3) is 7.03. The summed E-state index contributed by atoms with van der Waals surface area (Å²) in [6.07, 6.45) is 2.44. The lowest BCUT2D eigenvalue weighted by Crippen LogP contribution is -2.58. The van der Waals surface area contributed by atoms with Crippen LogP contribution in [0.3, 0.4) is 0 Å². The highest BCUT2D eigenvalue weighted by molar-refractivity contribution is 6.63. The first kappa shape index (κ1) is 30.0. The summed E-state index contributed by atoms with van der Waals surface area (Å²) in [5.41, 5.74) is 0.0632. The van der Waals surface area contributed by atoms with E-state index >= 15 is 0 Å². The van der Waals surface area contributed by atoms with Crippen LogP contribution in [0.4, 0.5) is 9.59 Å². The molecular formula is C29H44BClN2O6. The van der Waals surface area contributed by atoms with Crippen LogP contribution in [0.25, 0.3) is 0 Å². The number of alkyl carbamates (subject to hydrolysis) is 1. The molecule has 1 aliphatic carbocycles. The summed E-state index contributed by atoms with van der Waals surface area (Å²) in [5.74, 6) is 0.643. The Kier molecular flexibility index (Phi) is 8.30. The molecule has 3 aliphatic rings. The fourth-order valence-electron chi connectivity index (χ4n) is 5.45. The SMILES string of the molecule is CC(C)(C)OC(=O)N1CCC[C@@](C)(NC(=O)OCCC2CC2c2c(Cl)cccc2B2OC(C)(C)C(C)(C)O2)C1. The van der Waals surface area contributed by atoms with Gasteiger partial charge in [0.1, 0.15) is 5.60 Å². The van der Waals surface area contributed by atoms with Gasteiger partial charge in [-0.05, 0) is 110 Å². The van der Waals surface area contributed by atoms with Gasteiger partial charge in [-0.2, -0.15) is 0 Å². The quantitative estimate of drug-likeness (QED) is 0.451. The third-order valence-electron chi connectivity index (χ3n) is 8.36. The number of carbonyl (C=O) groups is 2. The molecule has 2 saturated heterocycles. The number of carbonyl (C=O) groups excluding carboxylic acids is 2. The standard InChI is InChI=1S/C29H44BClN2O6/c1-26(2,3)37-25(35)33-15-10-14-29(8,18-33)32-24(34)36-16-13-19-17-20(19)23-21(11-9-12-22(23)31)30-38-27(4,5)28(6,7)39-30/h9,11-12,19-20H,10,13-18H2,1-8H3,(H,32,34)/t19?,20?,29-/m1/s1. The van der Waals surface area contributed by atoms with Gasteiger partial charge in [0.05, 0.1) is 23.3 Å². The minimum absolute atomic E-state index is 0.276. The van der Waals surface area contributed by atoms with E-state index in [0.717, 1.165) is 36.7 Å². The van der Waals surface area contributed by atoms with Crippen LogP contribution in [0.2, 0.25) is 5.02 Å². The van der Waals surface area contributed by atoms with Gasteiger partial charge >= 0.3 is 19.3 Å². The van der Waals surface area contributed by atoms with Crippen LogP contribution in [-0.4, -0.2) is 66.2 Å². The molecular weight excluding hydrogens is 519 g/mol. The average molecular weight is 563 g/mol. The van der Waals surface area contributed by atoms with Crippen LogP contribution in [0.1, 0.15) is 92.6 Å². The Morgan fingerprint density at radius 3 is 2.46 bits per heavy atom. The number of likely N-dealkylation sites (tertiary alicyclic amines) is 1. The molecule has 1 aromatic rings. The maximum atomic E-state index is 12.7. The molecule has 1 N–H and O–H groups in total. The van der Waals surface area contributed by atoms with Gasteiger partial charge in [-0.15, -0.1) is 0 Å². The molecule has 0 bridgehead atoms.